The first kappa shape index (κ1) is 69.4. The Kier molecular flexibility index (Phi) is 23.8. The van der Waals surface area contributed by atoms with E-state index in [9.17, 15) is 0 Å². The van der Waals surface area contributed by atoms with Gasteiger partial charge in [-0.2, -0.15) is 0 Å². The van der Waals surface area contributed by atoms with Gasteiger partial charge < -0.3 is 9.97 Å². The highest BCUT2D eigenvalue weighted by Crippen LogP contribution is 2.47. The molecule has 2 aliphatic heterocycles. The van der Waals surface area contributed by atoms with Gasteiger partial charge in [-0.05, 0) is 238 Å². The molecule has 0 unspecified atom stereocenters. The molecule has 5 heterocycles. The predicted octanol–water partition coefficient (Wildman–Crippen LogP) is 26.6. The van der Waals surface area contributed by atoms with Gasteiger partial charge in [0.15, 0.2) is 23.3 Å². The Morgan fingerprint density at radius 3 is 0.552 bits per heavy atom. The summed E-state index contributed by atoms with van der Waals surface area (Å²) in [6.07, 6.45) is 18.8. The molecule has 0 spiro atoms. The summed E-state index contributed by atoms with van der Waals surface area (Å²) in [6.45, 7) is 18.3. The number of rotatable bonds is 32. The number of nitrogens with zero attached hydrogens (tertiary/aromatic N) is 6. The van der Waals surface area contributed by atoms with Gasteiger partial charge in [0, 0.05) is 83.0 Å². The molecular formula is C80H90N8S8. The lowest BCUT2D eigenvalue weighted by Crippen LogP contribution is -1.89. The Morgan fingerprint density at radius 2 is 0.385 bits per heavy atom. The van der Waals surface area contributed by atoms with Gasteiger partial charge in [0.05, 0.1) is 0 Å². The van der Waals surface area contributed by atoms with E-state index in [1.165, 1.54) is 185 Å². The summed E-state index contributed by atoms with van der Waals surface area (Å²) in [5.41, 5.74) is 6.65. The Morgan fingerprint density at radius 1 is 0.219 bits per heavy atom. The summed E-state index contributed by atoms with van der Waals surface area (Å²) in [7, 11) is 0. The number of H-pyrrole nitrogens is 2. The second-order valence-corrected chi connectivity index (χ2v) is 34.5. The molecule has 8 aromatic carbocycles. The zero-order valence-electron chi connectivity index (χ0n) is 57.2. The third kappa shape index (κ3) is 15.5. The molecule has 2 N–H and O–H groups in total. The van der Waals surface area contributed by atoms with Crippen molar-refractivity contribution in [1.82, 2.24) is 39.9 Å². The van der Waals surface area contributed by atoms with Crippen LogP contribution in [0.1, 0.15) is 158 Å². The molecule has 0 saturated heterocycles. The molecule has 8 nitrogen and oxygen atoms in total. The molecule has 0 saturated carbocycles. The van der Waals surface area contributed by atoms with Crippen LogP contribution in [0.5, 0.6) is 0 Å². The van der Waals surface area contributed by atoms with E-state index in [1.54, 1.807) is 0 Å². The second kappa shape index (κ2) is 33.0. The average molecular weight is 1420 g/mol. The van der Waals surface area contributed by atoms with E-state index >= 15 is 0 Å². The van der Waals surface area contributed by atoms with Crippen molar-refractivity contribution in [3.05, 3.63) is 97.1 Å². The highest BCUT2D eigenvalue weighted by Gasteiger charge is 2.26. The van der Waals surface area contributed by atoms with Crippen molar-refractivity contribution >= 4 is 181 Å². The summed E-state index contributed by atoms with van der Waals surface area (Å²) < 4.78 is 0. The van der Waals surface area contributed by atoms with Crippen LogP contribution in [-0.2, 0) is 0 Å². The predicted molar refractivity (Wildman–Crippen MR) is 431 cm³/mol. The minimum atomic E-state index is 0.617. The SMILES string of the molecule is CCCCSc1cc2cc3c(cc2cc1SCCCC)-c1nc-3nc2[nH]c(nc3nc(nc4[nH]c(n1)c1cc5cc(SCCCC)c(SCCCC)cc5cc41)-c1cc4cc(SCCCC)c(SCCCC)cc4cc1-3)c1cc3cc(SCCCC)c(SCCCC)cc3cc21. The third-order valence-electron chi connectivity index (χ3n) is 18.0. The van der Waals surface area contributed by atoms with Crippen molar-refractivity contribution in [1.29, 1.82) is 0 Å². The van der Waals surface area contributed by atoms with Crippen molar-refractivity contribution in [2.45, 2.75) is 197 Å². The average Bonchev–Trinajstić information content (AvgIpc) is 0.924. The number of hydrogen-bond donors (Lipinski definition) is 2. The Hall–Kier alpha value is -5.04. The van der Waals surface area contributed by atoms with E-state index in [2.05, 4.69) is 162 Å². The number of thioether (sulfide) groups is 8. The van der Waals surface area contributed by atoms with Crippen molar-refractivity contribution in [2.24, 2.45) is 0 Å². The van der Waals surface area contributed by atoms with Crippen LogP contribution in [0.15, 0.2) is 136 Å². The van der Waals surface area contributed by atoms with Gasteiger partial charge in [0.25, 0.3) is 0 Å². The molecule has 0 fully saturated rings. The minimum absolute atomic E-state index is 0.617. The van der Waals surface area contributed by atoms with Crippen molar-refractivity contribution in [3.8, 4) is 45.6 Å². The van der Waals surface area contributed by atoms with E-state index in [1.807, 2.05) is 94.1 Å². The molecule has 13 rings (SSSR count). The van der Waals surface area contributed by atoms with Gasteiger partial charge in [0.2, 0.25) is 0 Å². The van der Waals surface area contributed by atoms with Crippen LogP contribution < -0.4 is 0 Å². The molecule has 8 bridgehead atoms. The fourth-order valence-corrected chi connectivity index (χ4v) is 22.3. The summed E-state index contributed by atoms with van der Waals surface area (Å²) in [4.78, 5) is 52.7. The first-order chi connectivity index (χ1) is 47.2. The Balaban J connectivity index is 1.13. The third-order valence-corrected chi connectivity index (χ3v) is 27.6. The molecule has 0 atom stereocenters. The van der Waals surface area contributed by atoms with Gasteiger partial charge in [-0.25, -0.2) is 29.9 Å². The van der Waals surface area contributed by atoms with Gasteiger partial charge in [-0.1, -0.05) is 107 Å². The zero-order chi connectivity index (χ0) is 66.1. The molecule has 16 heteroatoms. The fraction of sp³-hybridized carbons (Fsp3) is 0.400. The summed E-state index contributed by atoms with van der Waals surface area (Å²) in [6, 6.07) is 38.1. The maximum Gasteiger partial charge on any atom is 0.164 e. The Bertz CT molecular complexity index is 4240. The van der Waals surface area contributed by atoms with Gasteiger partial charge in [-0.3, -0.25) is 0 Å². The van der Waals surface area contributed by atoms with Crippen molar-refractivity contribution in [2.75, 3.05) is 46.0 Å². The highest BCUT2D eigenvalue weighted by molar-refractivity contribution is 8.03. The summed E-state index contributed by atoms with van der Waals surface area (Å²) >= 11 is 15.9. The van der Waals surface area contributed by atoms with Gasteiger partial charge in [0.1, 0.15) is 22.6 Å². The first-order valence-electron chi connectivity index (χ1n) is 35.5. The minimum Gasteiger partial charge on any atom is -0.324 e. The molecule has 11 aromatic rings. The topological polar surface area (TPSA) is 109 Å². The largest absolute Gasteiger partial charge is 0.324 e. The smallest absolute Gasteiger partial charge is 0.164 e. The number of nitrogens with one attached hydrogen (secondary N) is 2. The van der Waals surface area contributed by atoms with E-state index in [-0.39, 0.29) is 0 Å². The van der Waals surface area contributed by atoms with Crippen LogP contribution >= 0.6 is 94.1 Å². The number of hydrogen-bond acceptors (Lipinski definition) is 14. The van der Waals surface area contributed by atoms with Gasteiger partial charge >= 0.3 is 0 Å². The molecule has 0 amide bonds. The molecule has 3 aromatic heterocycles. The van der Waals surface area contributed by atoms with Crippen LogP contribution in [-0.4, -0.2) is 85.9 Å². The van der Waals surface area contributed by atoms with Crippen LogP contribution in [0.2, 0.25) is 0 Å². The first-order valence-corrected chi connectivity index (χ1v) is 43.4. The Labute approximate surface area is 601 Å². The molecule has 96 heavy (non-hydrogen) atoms. The van der Waals surface area contributed by atoms with Crippen LogP contribution in [0.4, 0.5) is 0 Å². The molecule has 0 aliphatic carbocycles. The van der Waals surface area contributed by atoms with Crippen LogP contribution in [0, 0.1) is 0 Å². The van der Waals surface area contributed by atoms with E-state index in [0.717, 1.165) is 89.8 Å². The van der Waals surface area contributed by atoms with E-state index in [0.29, 0.717) is 45.9 Å². The monoisotopic (exact) mass is 1420 g/mol. The second-order valence-electron chi connectivity index (χ2n) is 25.4. The molecule has 498 valence electrons. The molecular weight excluding hydrogens is 1330 g/mol. The number of aromatic amines is 2. The summed E-state index contributed by atoms with van der Waals surface area (Å²) in [5.74, 6) is 11.2. The number of fused-ring (bicyclic) bond motifs is 24. The van der Waals surface area contributed by atoms with Crippen LogP contribution in [0.3, 0.4) is 0 Å². The van der Waals surface area contributed by atoms with E-state index < -0.39 is 0 Å². The number of unbranched alkanes of at least 4 members (excludes halogenated alkanes) is 8. The number of benzene rings is 8. The van der Waals surface area contributed by atoms with Crippen molar-refractivity contribution < 1.29 is 0 Å². The lowest BCUT2D eigenvalue weighted by Gasteiger charge is -2.12. The highest BCUT2D eigenvalue weighted by atomic mass is 32.2. The van der Waals surface area contributed by atoms with E-state index in [4.69, 9.17) is 29.9 Å². The maximum atomic E-state index is 5.73. The molecule has 0 radical (unpaired) electrons. The van der Waals surface area contributed by atoms with Crippen molar-refractivity contribution in [3.63, 3.8) is 0 Å². The van der Waals surface area contributed by atoms with Gasteiger partial charge in [-0.15, -0.1) is 94.1 Å². The molecule has 2 aliphatic rings. The number of aromatic nitrogens is 8. The fourth-order valence-electron chi connectivity index (χ4n) is 12.3. The van der Waals surface area contributed by atoms with Crippen LogP contribution in [0.25, 0.3) is 133 Å². The zero-order valence-corrected chi connectivity index (χ0v) is 63.7. The standard InChI is InChI=1S/C80H90N8S8/c1-9-17-25-89-65-41-49-33-57-58(34-50(49)42-66(65)90-26-18-10-2)74-81-73(57)85-75-59-35-51-43-67(91-27-19-11-3)68(92-28-20-12-4)44-52(51)36-60(59)77(82-75)87-79-63-39-55-47-71(95-31-23-15-7)72(96-32-24-16-8)48-56(55)40-64(63)80(84-79)88-78-62-38-54-46-70(94-30-22-14-6)69(93-29-21-13-5)45-53(54)37-61(62)76(83-78)86-74/h33-48H,9-32H2,1-8H3,(H2,81,82,83,84,85,86,87,88). The lowest BCUT2D eigenvalue weighted by molar-refractivity contribution is 0.893. The quantitative estimate of drug-likeness (QED) is 0.0308. The normalized spacial score (nSPS) is 12.2. The summed E-state index contributed by atoms with van der Waals surface area (Å²) in [5, 5.41) is 13.4. The maximum absolute atomic E-state index is 5.73. The lowest BCUT2D eigenvalue weighted by atomic mass is 10.0.